The predicted octanol–water partition coefficient (Wildman–Crippen LogP) is 1.28. The molecule has 0 aliphatic carbocycles. The molecule has 8 nitrogen and oxygen atoms in total. The van der Waals surface area contributed by atoms with Crippen molar-refractivity contribution < 1.29 is 27.2 Å². The van der Waals surface area contributed by atoms with Crippen LogP contribution in [0.4, 0.5) is 0 Å². The summed E-state index contributed by atoms with van der Waals surface area (Å²) in [7, 11) is -3.39. The van der Waals surface area contributed by atoms with Crippen LogP contribution in [0.25, 0.3) is 21.9 Å². The highest BCUT2D eigenvalue weighted by Crippen LogP contribution is 2.34. The number of aliphatic hydroxyl groups is 1. The number of furan rings is 1. The summed E-state index contributed by atoms with van der Waals surface area (Å²) in [4.78, 5) is 25.0. The molecule has 2 aromatic heterocycles. The normalized spacial score (nSPS) is 21.1. The summed E-state index contributed by atoms with van der Waals surface area (Å²) in [6.07, 6.45) is 0.185. The maximum Gasteiger partial charge on any atom is 0.340 e. The molecular weight excluding hydrogens is 398 g/mol. The van der Waals surface area contributed by atoms with E-state index in [1.54, 1.807) is 19.3 Å². The maximum absolute atomic E-state index is 12.5. The van der Waals surface area contributed by atoms with Crippen molar-refractivity contribution in [2.75, 3.05) is 11.5 Å². The van der Waals surface area contributed by atoms with Crippen LogP contribution in [0.5, 0.6) is 0 Å². The lowest BCUT2D eigenvalue weighted by atomic mass is 9.98. The average Bonchev–Trinajstić information content (AvgIpc) is 3.10. The van der Waals surface area contributed by atoms with Gasteiger partial charge in [-0.3, -0.25) is 4.79 Å². The van der Waals surface area contributed by atoms with Crippen molar-refractivity contribution in [2.45, 2.75) is 39.3 Å². The van der Waals surface area contributed by atoms with E-state index in [2.05, 4.69) is 5.32 Å². The van der Waals surface area contributed by atoms with Gasteiger partial charge in [0.25, 0.3) is 0 Å². The van der Waals surface area contributed by atoms with Gasteiger partial charge in [0, 0.05) is 5.39 Å². The minimum absolute atomic E-state index is 0.171. The minimum atomic E-state index is -3.39. The van der Waals surface area contributed by atoms with Gasteiger partial charge in [0.2, 0.25) is 5.91 Å². The van der Waals surface area contributed by atoms with Gasteiger partial charge in [-0.2, -0.15) is 0 Å². The molecule has 1 aliphatic rings. The smallest absolute Gasteiger partial charge is 0.340 e. The molecular formula is C20H21NO7S. The Labute approximate surface area is 166 Å². The number of hydrogen-bond acceptors (Lipinski definition) is 7. The van der Waals surface area contributed by atoms with Crippen LogP contribution in [-0.2, 0) is 21.1 Å². The molecule has 29 heavy (non-hydrogen) atoms. The van der Waals surface area contributed by atoms with Crippen LogP contribution in [-0.4, -0.2) is 43.1 Å². The minimum Gasteiger partial charge on any atom is -0.463 e. The Morgan fingerprint density at radius 3 is 2.59 bits per heavy atom. The van der Waals surface area contributed by atoms with Crippen LogP contribution in [0, 0.1) is 20.8 Å². The summed E-state index contributed by atoms with van der Waals surface area (Å²) in [5.74, 6) is -1.26. The molecule has 154 valence electrons. The number of carbonyl (C=O) groups is 1. The number of sulfone groups is 1. The Morgan fingerprint density at radius 2 is 1.93 bits per heavy atom. The second kappa shape index (κ2) is 6.70. The molecule has 0 bridgehead atoms. The molecule has 1 aromatic carbocycles. The number of aryl methyl sites for hydroxylation is 3. The zero-order valence-corrected chi connectivity index (χ0v) is 17.1. The van der Waals surface area contributed by atoms with Crippen LogP contribution in [0.15, 0.2) is 26.0 Å². The van der Waals surface area contributed by atoms with Crippen molar-refractivity contribution in [1.29, 1.82) is 0 Å². The predicted molar refractivity (Wildman–Crippen MR) is 107 cm³/mol. The van der Waals surface area contributed by atoms with Gasteiger partial charge in [0.15, 0.2) is 9.84 Å². The summed E-state index contributed by atoms with van der Waals surface area (Å²) in [6.45, 7) is 5.56. The average molecular weight is 419 g/mol. The van der Waals surface area contributed by atoms with Crippen LogP contribution in [0.3, 0.4) is 0 Å². The van der Waals surface area contributed by atoms with Crippen molar-refractivity contribution in [3.8, 4) is 0 Å². The van der Waals surface area contributed by atoms with Crippen LogP contribution in [0.2, 0.25) is 0 Å². The summed E-state index contributed by atoms with van der Waals surface area (Å²) >= 11 is 0. The Hall–Kier alpha value is -2.65. The fourth-order valence-electron chi connectivity index (χ4n) is 4.06. The standard InChI is InChI=1S/C20H21NO7S/c1-9-4-15-18(19-17(9)10(2)6-27-19)11(3)12(20(24)28-15)5-16(23)21-13-7-29(25,26)8-14(13)22/h4,6,13-14,22H,5,7-8H2,1-3H3,(H,21,23)/t13-,14-/m0/s1. The monoisotopic (exact) mass is 419 g/mol. The molecule has 1 amide bonds. The van der Waals surface area contributed by atoms with E-state index < -0.39 is 33.5 Å². The van der Waals surface area contributed by atoms with Crippen LogP contribution >= 0.6 is 0 Å². The third-order valence-electron chi connectivity index (χ3n) is 5.47. The number of amides is 1. The summed E-state index contributed by atoms with van der Waals surface area (Å²) in [6, 6.07) is 0.889. The number of rotatable bonds is 3. The van der Waals surface area contributed by atoms with E-state index >= 15 is 0 Å². The Balaban J connectivity index is 1.73. The van der Waals surface area contributed by atoms with Crippen LogP contribution < -0.4 is 10.9 Å². The molecule has 1 aliphatic heterocycles. The Morgan fingerprint density at radius 1 is 1.21 bits per heavy atom. The first kappa shape index (κ1) is 19.7. The van der Waals surface area contributed by atoms with Gasteiger partial charge < -0.3 is 19.3 Å². The van der Waals surface area contributed by atoms with Crippen molar-refractivity contribution in [3.05, 3.63) is 45.0 Å². The molecule has 0 spiro atoms. The first-order valence-electron chi connectivity index (χ1n) is 9.19. The molecule has 0 radical (unpaired) electrons. The second-order valence-electron chi connectivity index (χ2n) is 7.68. The highest BCUT2D eigenvalue weighted by atomic mass is 32.2. The number of aliphatic hydroxyl groups excluding tert-OH is 1. The molecule has 1 saturated heterocycles. The van der Waals surface area contributed by atoms with E-state index in [1.807, 2.05) is 13.8 Å². The van der Waals surface area contributed by atoms with E-state index in [0.717, 1.165) is 16.5 Å². The lowest BCUT2D eigenvalue weighted by Crippen LogP contribution is -2.43. The molecule has 2 N–H and O–H groups in total. The van der Waals surface area contributed by atoms with Gasteiger partial charge in [-0.15, -0.1) is 0 Å². The highest BCUT2D eigenvalue weighted by Gasteiger charge is 2.37. The van der Waals surface area contributed by atoms with Crippen molar-refractivity contribution >= 4 is 37.7 Å². The Bertz CT molecular complexity index is 1320. The fourth-order valence-corrected chi connectivity index (χ4v) is 5.80. The van der Waals surface area contributed by atoms with Gasteiger partial charge in [-0.05, 0) is 43.5 Å². The van der Waals surface area contributed by atoms with E-state index in [-0.39, 0.29) is 23.5 Å². The third-order valence-corrected chi connectivity index (χ3v) is 7.19. The lowest BCUT2D eigenvalue weighted by molar-refractivity contribution is -0.121. The summed E-state index contributed by atoms with van der Waals surface area (Å²) in [5, 5.41) is 13.9. The van der Waals surface area contributed by atoms with Gasteiger partial charge >= 0.3 is 5.63 Å². The van der Waals surface area contributed by atoms with E-state index in [1.165, 1.54) is 0 Å². The molecule has 9 heteroatoms. The number of hydrogen-bond donors (Lipinski definition) is 2. The summed E-state index contributed by atoms with van der Waals surface area (Å²) in [5.41, 5.74) is 2.97. The van der Waals surface area contributed by atoms with Crippen LogP contribution in [0.1, 0.15) is 22.3 Å². The summed E-state index contributed by atoms with van der Waals surface area (Å²) < 4.78 is 34.4. The number of benzene rings is 1. The van der Waals surface area contributed by atoms with Gasteiger partial charge in [-0.25, -0.2) is 13.2 Å². The van der Waals surface area contributed by atoms with E-state index in [9.17, 15) is 23.1 Å². The van der Waals surface area contributed by atoms with Gasteiger partial charge in [0.05, 0.1) is 47.3 Å². The van der Waals surface area contributed by atoms with Gasteiger partial charge in [0.1, 0.15) is 11.2 Å². The van der Waals surface area contributed by atoms with Gasteiger partial charge in [-0.1, -0.05) is 0 Å². The molecule has 3 aromatic rings. The number of fused-ring (bicyclic) bond motifs is 3. The third kappa shape index (κ3) is 3.34. The molecule has 1 fully saturated rings. The molecule has 3 heterocycles. The van der Waals surface area contributed by atoms with Crippen molar-refractivity contribution in [1.82, 2.24) is 5.32 Å². The maximum atomic E-state index is 12.5. The second-order valence-corrected chi connectivity index (χ2v) is 9.83. The van der Waals surface area contributed by atoms with Crippen molar-refractivity contribution in [2.24, 2.45) is 0 Å². The fraction of sp³-hybridized carbons (Fsp3) is 0.400. The molecule has 2 atom stereocenters. The first-order valence-corrected chi connectivity index (χ1v) is 11.0. The van der Waals surface area contributed by atoms with E-state index in [4.69, 9.17) is 8.83 Å². The largest absolute Gasteiger partial charge is 0.463 e. The van der Waals surface area contributed by atoms with E-state index in [0.29, 0.717) is 22.1 Å². The van der Waals surface area contributed by atoms with Crippen molar-refractivity contribution in [3.63, 3.8) is 0 Å². The highest BCUT2D eigenvalue weighted by molar-refractivity contribution is 7.91. The Kier molecular flexibility index (Phi) is 4.54. The molecule has 0 saturated carbocycles. The molecule has 4 rings (SSSR count). The zero-order valence-electron chi connectivity index (χ0n) is 16.2. The quantitative estimate of drug-likeness (QED) is 0.612. The first-order chi connectivity index (χ1) is 13.6. The number of carbonyl (C=O) groups excluding carboxylic acids is 1. The molecule has 0 unspecified atom stereocenters. The topological polar surface area (TPSA) is 127 Å². The SMILES string of the molecule is Cc1coc2c1c(C)cc1oc(=O)c(CC(=O)N[C@H]3CS(=O)(=O)C[C@@H]3O)c(C)c12. The zero-order chi connectivity index (χ0) is 21.1. The lowest BCUT2D eigenvalue weighted by Gasteiger charge is -2.15. The number of nitrogens with one attached hydrogen (secondary N) is 1.